The largest absolute Gasteiger partial charge is 0.465 e. The number of ether oxygens (including phenoxy) is 1. The van der Waals surface area contributed by atoms with Crippen molar-refractivity contribution in [1.29, 1.82) is 0 Å². The molecule has 0 amide bonds. The standard InChI is InChI=1S/C17H34N2O2/c1-6-18-15(16(20)21-7-2)10-13-19-11-8-14(9-12-19)17(3,4)5/h14-15,18H,6-13H2,1-5H3. The molecule has 1 heterocycles. The van der Waals surface area contributed by atoms with Gasteiger partial charge in [-0.1, -0.05) is 27.7 Å². The molecule has 0 aromatic heterocycles. The molecule has 0 aliphatic carbocycles. The second-order valence-electron chi connectivity index (χ2n) is 7.13. The van der Waals surface area contributed by atoms with Gasteiger partial charge in [0.05, 0.1) is 6.61 Å². The van der Waals surface area contributed by atoms with E-state index in [2.05, 4.69) is 31.0 Å². The lowest BCUT2D eigenvalue weighted by molar-refractivity contribution is -0.145. The highest BCUT2D eigenvalue weighted by Gasteiger charge is 2.29. The van der Waals surface area contributed by atoms with Crippen LogP contribution in [0.1, 0.15) is 53.9 Å². The summed E-state index contributed by atoms with van der Waals surface area (Å²) in [6, 6.07) is -0.157. The second-order valence-corrected chi connectivity index (χ2v) is 7.13. The molecule has 4 nitrogen and oxygen atoms in total. The first-order valence-corrected chi connectivity index (χ1v) is 8.50. The quantitative estimate of drug-likeness (QED) is 0.734. The van der Waals surface area contributed by atoms with E-state index in [1.807, 2.05) is 13.8 Å². The molecule has 1 N–H and O–H groups in total. The van der Waals surface area contributed by atoms with Gasteiger partial charge in [0, 0.05) is 6.54 Å². The zero-order valence-corrected chi connectivity index (χ0v) is 14.6. The Kier molecular flexibility index (Phi) is 7.67. The Morgan fingerprint density at radius 2 is 1.90 bits per heavy atom. The smallest absolute Gasteiger partial charge is 0.323 e. The molecule has 0 aromatic rings. The molecule has 1 fully saturated rings. The summed E-state index contributed by atoms with van der Waals surface area (Å²) in [5.74, 6) is 0.715. The van der Waals surface area contributed by atoms with Crippen LogP contribution in [-0.2, 0) is 9.53 Å². The predicted molar refractivity (Wildman–Crippen MR) is 87.3 cm³/mol. The van der Waals surface area contributed by atoms with Gasteiger partial charge in [-0.25, -0.2) is 0 Å². The monoisotopic (exact) mass is 298 g/mol. The summed E-state index contributed by atoms with van der Waals surface area (Å²) in [6.45, 7) is 15.5. The van der Waals surface area contributed by atoms with Crippen LogP contribution in [0.3, 0.4) is 0 Å². The fourth-order valence-corrected chi connectivity index (χ4v) is 3.13. The van der Waals surface area contributed by atoms with E-state index < -0.39 is 0 Å². The van der Waals surface area contributed by atoms with E-state index in [9.17, 15) is 4.79 Å². The normalized spacial score (nSPS) is 19.5. The van der Waals surface area contributed by atoms with Gasteiger partial charge >= 0.3 is 5.97 Å². The van der Waals surface area contributed by atoms with Crippen LogP contribution in [0.5, 0.6) is 0 Å². The SMILES string of the molecule is CCNC(CCN1CCC(C(C)(C)C)CC1)C(=O)OCC. The first-order valence-electron chi connectivity index (χ1n) is 8.50. The average Bonchev–Trinajstić information content (AvgIpc) is 2.43. The van der Waals surface area contributed by atoms with Gasteiger partial charge in [-0.2, -0.15) is 0 Å². The molecular weight excluding hydrogens is 264 g/mol. The maximum atomic E-state index is 11.9. The van der Waals surface area contributed by atoms with Gasteiger partial charge in [-0.15, -0.1) is 0 Å². The highest BCUT2D eigenvalue weighted by atomic mass is 16.5. The van der Waals surface area contributed by atoms with E-state index in [-0.39, 0.29) is 12.0 Å². The third-order valence-electron chi connectivity index (χ3n) is 4.57. The minimum atomic E-state index is -0.157. The summed E-state index contributed by atoms with van der Waals surface area (Å²) >= 11 is 0. The highest BCUT2D eigenvalue weighted by Crippen LogP contribution is 2.34. The number of hydrogen-bond donors (Lipinski definition) is 1. The van der Waals surface area contributed by atoms with Crippen molar-refractivity contribution >= 4 is 5.97 Å². The van der Waals surface area contributed by atoms with Crippen molar-refractivity contribution in [2.24, 2.45) is 11.3 Å². The molecule has 1 aliphatic rings. The number of hydrogen-bond acceptors (Lipinski definition) is 4. The lowest BCUT2D eigenvalue weighted by Gasteiger charge is -2.39. The van der Waals surface area contributed by atoms with Gasteiger partial charge < -0.3 is 15.0 Å². The molecule has 1 aliphatic heterocycles. The van der Waals surface area contributed by atoms with Crippen LogP contribution >= 0.6 is 0 Å². The lowest BCUT2D eigenvalue weighted by Crippen LogP contribution is -2.43. The molecule has 0 aromatic carbocycles. The maximum absolute atomic E-state index is 11.9. The van der Waals surface area contributed by atoms with Crippen molar-refractivity contribution < 1.29 is 9.53 Å². The van der Waals surface area contributed by atoms with Crippen molar-refractivity contribution in [2.75, 3.05) is 32.8 Å². The van der Waals surface area contributed by atoms with Crippen molar-refractivity contribution in [3.05, 3.63) is 0 Å². The second kappa shape index (κ2) is 8.74. The van der Waals surface area contributed by atoms with Crippen LogP contribution in [0.2, 0.25) is 0 Å². The molecule has 1 rings (SSSR count). The van der Waals surface area contributed by atoms with Crippen LogP contribution in [0.4, 0.5) is 0 Å². The number of carbonyl (C=O) groups excluding carboxylic acids is 1. The summed E-state index contributed by atoms with van der Waals surface area (Å²) in [4.78, 5) is 14.4. The van der Waals surface area contributed by atoms with E-state index in [0.29, 0.717) is 12.0 Å². The van der Waals surface area contributed by atoms with Crippen LogP contribution in [0.15, 0.2) is 0 Å². The third-order valence-corrected chi connectivity index (χ3v) is 4.57. The number of carbonyl (C=O) groups is 1. The summed E-state index contributed by atoms with van der Waals surface area (Å²) in [5.41, 5.74) is 0.420. The Morgan fingerprint density at radius 3 is 2.38 bits per heavy atom. The minimum Gasteiger partial charge on any atom is -0.465 e. The summed E-state index contributed by atoms with van der Waals surface area (Å²) < 4.78 is 5.14. The first-order chi connectivity index (χ1) is 9.88. The molecule has 0 bridgehead atoms. The fraction of sp³-hybridized carbons (Fsp3) is 0.941. The molecular formula is C17H34N2O2. The molecule has 0 saturated carbocycles. The van der Waals surface area contributed by atoms with Gasteiger partial charge in [0.1, 0.15) is 6.04 Å². The van der Waals surface area contributed by atoms with Crippen molar-refractivity contribution in [1.82, 2.24) is 10.2 Å². The number of nitrogens with one attached hydrogen (secondary N) is 1. The van der Waals surface area contributed by atoms with Gasteiger partial charge in [0.15, 0.2) is 0 Å². The summed E-state index contributed by atoms with van der Waals surface area (Å²) in [6.07, 6.45) is 3.39. The Balaban J connectivity index is 2.35. The van der Waals surface area contributed by atoms with Gasteiger partial charge in [0.2, 0.25) is 0 Å². The molecule has 1 atom stereocenters. The number of rotatable bonds is 7. The molecule has 21 heavy (non-hydrogen) atoms. The molecule has 1 unspecified atom stereocenters. The van der Waals surface area contributed by atoms with Crippen LogP contribution in [0, 0.1) is 11.3 Å². The van der Waals surface area contributed by atoms with Gasteiger partial charge in [-0.3, -0.25) is 4.79 Å². The molecule has 1 saturated heterocycles. The molecule has 0 radical (unpaired) electrons. The van der Waals surface area contributed by atoms with Crippen molar-refractivity contribution in [3.63, 3.8) is 0 Å². The Morgan fingerprint density at radius 1 is 1.29 bits per heavy atom. The number of piperidine rings is 1. The van der Waals surface area contributed by atoms with Gasteiger partial charge in [0.25, 0.3) is 0 Å². The van der Waals surface area contributed by atoms with E-state index >= 15 is 0 Å². The highest BCUT2D eigenvalue weighted by molar-refractivity contribution is 5.75. The Hall–Kier alpha value is -0.610. The Bertz CT molecular complexity index is 304. The Labute approximate surface area is 130 Å². The first kappa shape index (κ1) is 18.4. The number of esters is 1. The zero-order valence-electron chi connectivity index (χ0n) is 14.6. The van der Waals surface area contributed by atoms with Crippen LogP contribution < -0.4 is 5.32 Å². The molecule has 124 valence electrons. The number of nitrogens with zero attached hydrogens (tertiary/aromatic N) is 1. The van der Waals surface area contributed by atoms with E-state index in [1.165, 1.54) is 12.8 Å². The van der Waals surface area contributed by atoms with Gasteiger partial charge in [-0.05, 0) is 57.2 Å². The van der Waals surface area contributed by atoms with Crippen molar-refractivity contribution in [2.45, 2.75) is 59.9 Å². The predicted octanol–water partition coefficient (Wildman–Crippen LogP) is 2.68. The third kappa shape index (κ3) is 6.35. The van der Waals surface area contributed by atoms with Crippen LogP contribution in [0.25, 0.3) is 0 Å². The number of likely N-dealkylation sites (tertiary alicyclic amines) is 1. The topological polar surface area (TPSA) is 41.6 Å². The van der Waals surface area contributed by atoms with Crippen LogP contribution in [-0.4, -0.2) is 49.7 Å². The number of likely N-dealkylation sites (N-methyl/N-ethyl adjacent to an activating group) is 1. The molecule has 0 spiro atoms. The average molecular weight is 298 g/mol. The summed E-state index contributed by atoms with van der Waals surface area (Å²) in [7, 11) is 0. The molecule has 4 heteroatoms. The zero-order chi connectivity index (χ0) is 15.9. The lowest BCUT2D eigenvalue weighted by atomic mass is 9.75. The van der Waals surface area contributed by atoms with E-state index in [0.717, 1.165) is 38.5 Å². The van der Waals surface area contributed by atoms with Crippen molar-refractivity contribution in [3.8, 4) is 0 Å². The van der Waals surface area contributed by atoms with E-state index in [4.69, 9.17) is 4.74 Å². The summed E-state index contributed by atoms with van der Waals surface area (Å²) in [5, 5.41) is 3.24. The fourth-order valence-electron chi connectivity index (χ4n) is 3.13. The maximum Gasteiger partial charge on any atom is 0.323 e. The minimum absolute atomic E-state index is 0.107. The van der Waals surface area contributed by atoms with E-state index in [1.54, 1.807) is 0 Å².